The highest BCUT2D eigenvalue weighted by molar-refractivity contribution is 14.0. The molecule has 0 unspecified atom stereocenters. The van der Waals surface area contributed by atoms with E-state index in [9.17, 15) is 0 Å². The molecule has 0 atom stereocenters. The van der Waals surface area contributed by atoms with Crippen LogP contribution in [0.4, 0.5) is 0 Å². The molecule has 2 rings (SSSR count). The predicted octanol–water partition coefficient (Wildman–Crippen LogP) is 4.41. The van der Waals surface area contributed by atoms with Gasteiger partial charge in [0.05, 0.1) is 5.01 Å². The molecule has 0 amide bonds. The standard InChI is InChI=1S/C20H36N4OS.HI/c1-4-17-15-23-18(26-17)9-13-22-19(21-5-2)24-16-20(10-7-8-11-20)12-14-25-6-3;/h15H,4-14,16H2,1-3H3,(H2,21,22,24);1H. The lowest BCUT2D eigenvalue weighted by Crippen LogP contribution is -2.39. The maximum atomic E-state index is 5.61. The van der Waals surface area contributed by atoms with Crippen LogP contribution in [0.2, 0.25) is 0 Å². The summed E-state index contributed by atoms with van der Waals surface area (Å²) in [4.78, 5) is 10.8. The van der Waals surface area contributed by atoms with E-state index in [4.69, 9.17) is 9.73 Å². The number of hydrogen-bond donors (Lipinski definition) is 2. The van der Waals surface area contributed by atoms with Crippen LogP contribution in [0.25, 0.3) is 0 Å². The van der Waals surface area contributed by atoms with Crippen LogP contribution in [0.1, 0.15) is 62.8 Å². The van der Waals surface area contributed by atoms with Crippen molar-refractivity contribution in [2.24, 2.45) is 10.4 Å². The van der Waals surface area contributed by atoms with E-state index in [1.807, 2.05) is 17.5 Å². The topological polar surface area (TPSA) is 58.5 Å². The summed E-state index contributed by atoms with van der Waals surface area (Å²) in [7, 11) is 0. The normalized spacial score (nSPS) is 16.2. The van der Waals surface area contributed by atoms with Gasteiger partial charge < -0.3 is 15.4 Å². The Bertz CT molecular complexity index is 544. The van der Waals surface area contributed by atoms with E-state index >= 15 is 0 Å². The quantitative estimate of drug-likeness (QED) is 0.201. The van der Waals surface area contributed by atoms with Crippen molar-refractivity contribution in [3.8, 4) is 0 Å². The van der Waals surface area contributed by atoms with Crippen molar-refractivity contribution in [1.29, 1.82) is 0 Å². The molecule has 1 heterocycles. The van der Waals surface area contributed by atoms with E-state index in [0.717, 1.165) is 58.1 Å². The van der Waals surface area contributed by atoms with Crippen LogP contribution in [0.15, 0.2) is 11.2 Å². The molecule has 0 radical (unpaired) electrons. The number of thiazole rings is 1. The van der Waals surface area contributed by atoms with Crippen LogP contribution in [-0.4, -0.2) is 43.8 Å². The number of hydrogen-bond acceptors (Lipinski definition) is 4. The van der Waals surface area contributed by atoms with Crippen LogP contribution in [0.3, 0.4) is 0 Å². The fourth-order valence-electron chi connectivity index (χ4n) is 3.55. The summed E-state index contributed by atoms with van der Waals surface area (Å²) in [6.07, 6.45) is 10.4. The minimum absolute atomic E-state index is 0. The number of nitrogens with one attached hydrogen (secondary N) is 2. The van der Waals surface area contributed by atoms with Gasteiger partial charge in [-0.05, 0) is 44.9 Å². The van der Waals surface area contributed by atoms with Crippen LogP contribution < -0.4 is 10.6 Å². The molecule has 1 aliphatic carbocycles. The molecule has 5 nitrogen and oxygen atoms in total. The lowest BCUT2D eigenvalue weighted by atomic mass is 9.83. The van der Waals surface area contributed by atoms with Crippen molar-refractivity contribution < 1.29 is 4.74 Å². The van der Waals surface area contributed by atoms with Gasteiger partial charge >= 0.3 is 0 Å². The molecule has 1 aromatic heterocycles. The summed E-state index contributed by atoms with van der Waals surface area (Å²) in [5.41, 5.74) is 0.336. The zero-order chi connectivity index (χ0) is 18.7. The van der Waals surface area contributed by atoms with Crippen molar-refractivity contribution >= 4 is 41.3 Å². The average molecular weight is 509 g/mol. The van der Waals surface area contributed by atoms with E-state index in [1.165, 1.54) is 35.6 Å². The van der Waals surface area contributed by atoms with Gasteiger partial charge in [0.15, 0.2) is 5.96 Å². The van der Waals surface area contributed by atoms with Crippen LogP contribution in [0, 0.1) is 5.41 Å². The Kier molecular flexibility index (Phi) is 12.5. The minimum atomic E-state index is 0. The number of aromatic nitrogens is 1. The Morgan fingerprint density at radius 2 is 2.04 bits per heavy atom. The Labute approximate surface area is 186 Å². The van der Waals surface area contributed by atoms with E-state index in [0.29, 0.717) is 5.41 Å². The number of nitrogens with zero attached hydrogens (tertiary/aromatic N) is 2. The molecule has 1 aliphatic rings. The molecule has 0 aliphatic heterocycles. The second-order valence-corrected chi connectivity index (χ2v) is 8.30. The second-order valence-electron chi connectivity index (χ2n) is 7.10. The molecule has 1 fully saturated rings. The molecule has 27 heavy (non-hydrogen) atoms. The van der Waals surface area contributed by atoms with E-state index < -0.39 is 0 Å². The minimum Gasteiger partial charge on any atom is -0.382 e. The molecule has 0 aromatic carbocycles. The summed E-state index contributed by atoms with van der Waals surface area (Å²) in [5, 5.41) is 8.07. The largest absolute Gasteiger partial charge is 0.382 e. The van der Waals surface area contributed by atoms with Gasteiger partial charge in [0.2, 0.25) is 0 Å². The van der Waals surface area contributed by atoms with Gasteiger partial charge in [-0.2, -0.15) is 0 Å². The maximum Gasteiger partial charge on any atom is 0.191 e. The Hall–Kier alpha value is -0.410. The third kappa shape index (κ3) is 8.64. The van der Waals surface area contributed by atoms with Crippen molar-refractivity contribution in [3.05, 3.63) is 16.1 Å². The third-order valence-corrected chi connectivity index (χ3v) is 6.34. The smallest absolute Gasteiger partial charge is 0.191 e. The van der Waals surface area contributed by atoms with Crippen molar-refractivity contribution in [1.82, 2.24) is 15.6 Å². The molecule has 7 heteroatoms. The van der Waals surface area contributed by atoms with Gasteiger partial charge in [-0.3, -0.25) is 4.99 Å². The van der Waals surface area contributed by atoms with Crippen LogP contribution in [0.5, 0.6) is 0 Å². The monoisotopic (exact) mass is 508 g/mol. The molecule has 1 saturated carbocycles. The Morgan fingerprint density at radius 3 is 2.67 bits per heavy atom. The van der Waals surface area contributed by atoms with Gasteiger partial charge in [-0.25, -0.2) is 4.98 Å². The van der Waals surface area contributed by atoms with Crippen molar-refractivity contribution in [3.63, 3.8) is 0 Å². The van der Waals surface area contributed by atoms with Gasteiger partial charge in [0.1, 0.15) is 0 Å². The molecule has 0 bridgehead atoms. The van der Waals surface area contributed by atoms with E-state index in [2.05, 4.69) is 36.4 Å². The zero-order valence-corrected chi connectivity index (χ0v) is 20.3. The number of aliphatic imine (C=N–C) groups is 1. The number of ether oxygens (including phenoxy) is 1. The summed E-state index contributed by atoms with van der Waals surface area (Å²) in [5.74, 6) is 0.933. The molecule has 2 N–H and O–H groups in total. The Balaban J connectivity index is 0.00000364. The highest BCUT2D eigenvalue weighted by Crippen LogP contribution is 2.41. The molecule has 0 saturated heterocycles. The number of aryl methyl sites for hydroxylation is 1. The summed E-state index contributed by atoms with van der Waals surface area (Å²) in [6, 6.07) is 0. The van der Waals surface area contributed by atoms with Crippen molar-refractivity contribution in [2.45, 2.75) is 65.7 Å². The van der Waals surface area contributed by atoms with Crippen LogP contribution >= 0.6 is 35.3 Å². The molecule has 156 valence electrons. The van der Waals surface area contributed by atoms with Gasteiger partial charge in [0.25, 0.3) is 0 Å². The van der Waals surface area contributed by atoms with Crippen molar-refractivity contribution in [2.75, 3.05) is 32.8 Å². The highest BCUT2D eigenvalue weighted by Gasteiger charge is 2.33. The average Bonchev–Trinajstić information content (AvgIpc) is 3.30. The van der Waals surface area contributed by atoms with E-state index in [-0.39, 0.29) is 24.0 Å². The predicted molar refractivity (Wildman–Crippen MR) is 127 cm³/mol. The third-order valence-electron chi connectivity index (χ3n) is 5.14. The fourth-order valence-corrected chi connectivity index (χ4v) is 4.41. The molecular weight excluding hydrogens is 471 g/mol. The first kappa shape index (κ1) is 24.6. The first-order valence-corrected chi connectivity index (χ1v) is 11.1. The summed E-state index contributed by atoms with van der Waals surface area (Å²) in [6.45, 7) is 10.7. The van der Waals surface area contributed by atoms with Gasteiger partial charge in [0, 0.05) is 50.3 Å². The lowest BCUT2D eigenvalue weighted by Gasteiger charge is -2.27. The van der Waals surface area contributed by atoms with Gasteiger partial charge in [-0.15, -0.1) is 35.3 Å². The zero-order valence-electron chi connectivity index (χ0n) is 17.2. The number of halogens is 1. The lowest BCUT2D eigenvalue weighted by molar-refractivity contribution is 0.107. The van der Waals surface area contributed by atoms with Gasteiger partial charge in [-0.1, -0.05) is 19.8 Å². The number of guanidine groups is 1. The summed E-state index contributed by atoms with van der Waals surface area (Å²) >= 11 is 1.82. The Morgan fingerprint density at radius 1 is 1.26 bits per heavy atom. The summed E-state index contributed by atoms with van der Waals surface area (Å²) < 4.78 is 5.61. The first-order valence-electron chi connectivity index (χ1n) is 10.2. The molecule has 0 spiro atoms. The maximum absolute atomic E-state index is 5.61. The second kappa shape index (κ2) is 13.7. The fraction of sp³-hybridized carbons (Fsp3) is 0.800. The van der Waals surface area contributed by atoms with Crippen LogP contribution in [-0.2, 0) is 17.6 Å². The first-order chi connectivity index (χ1) is 12.7. The number of rotatable bonds is 11. The highest BCUT2D eigenvalue weighted by atomic mass is 127. The molecule has 1 aromatic rings. The molecular formula is C20H37IN4OS. The SMILES string of the molecule is CCNC(=NCC1(CCOCC)CCCC1)NCCc1ncc(CC)s1.I. The van der Waals surface area contributed by atoms with E-state index in [1.54, 1.807) is 0 Å².